The third kappa shape index (κ3) is 4.44. The maximum Gasteiger partial charge on any atom is 0.193 e. The van der Waals surface area contributed by atoms with Gasteiger partial charge in [0.15, 0.2) is 5.96 Å². The molecule has 0 saturated carbocycles. The normalized spacial score (nSPS) is 15.5. The van der Waals surface area contributed by atoms with Gasteiger partial charge in [0.25, 0.3) is 0 Å². The standard InChI is InChI=1S/C11H17N3OS/c1-9(16(2)15)8-13-11(12)14-10-6-4-3-5-7-10/h3-7,9H,8H2,1-2H3,(H3,12,13,14). The van der Waals surface area contributed by atoms with Crippen LogP contribution in [0.15, 0.2) is 35.3 Å². The van der Waals surface area contributed by atoms with Gasteiger partial charge in [-0.05, 0) is 19.1 Å². The highest BCUT2D eigenvalue weighted by Gasteiger charge is 2.04. The van der Waals surface area contributed by atoms with Gasteiger partial charge in [-0.25, -0.2) is 0 Å². The molecular weight excluding hydrogens is 222 g/mol. The molecule has 0 aromatic heterocycles. The highest BCUT2D eigenvalue weighted by atomic mass is 32.2. The molecule has 0 fully saturated rings. The van der Waals surface area contributed by atoms with Gasteiger partial charge >= 0.3 is 0 Å². The average Bonchev–Trinajstić information content (AvgIpc) is 2.27. The number of aliphatic imine (C=N–C) groups is 1. The first kappa shape index (κ1) is 12.7. The van der Waals surface area contributed by atoms with E-state index in [1.54, 1.807) is 6.26 Å². The molecule has 0 aliphatic heterocycles. The van der Waals surface area contributed by atoms with Gasteiger partial charge in [0.1, 0.15) is 0 Å². The molecule has 0 bridgehead atoms. The number of hydrogen-bond acceptors (Lipinski definition) is 2. The third-order valence-corrected chi connectivity index (χ3v) is 3.41. The largest absolute Gasteiger partial charge is 0.370 e. The van der Waals surface area contributed by atoms with E-state index in [2.05, 4.69) is 10.3 Å². The Morgan fingerprint density at radius 2 is 2.12 bits per heavy atom. The van der Waals surface area contributed by atoms with E-state index in [1.165, 1.54) is 0 Å². The minimum atomic E-state index is -0.864. The summed E-state index contributed by atoms with van der Waals surface area (Å²) >= 11 is 0. The predicted molar refractivity (Wildman–Crippen MR) is 70.1 cm³/mol. The molecular formula is C11H17N3OS. The molecule has 16 heavy (non-hydrogen) atoms. The van der Waals surface area contributed by atoms with Gasteiger partial charge in [-0.2, -0.15) is 0 Å². The number of para-hydroxylation sites is 1. The molecule has 0 saturated heterocycles. The fourth-order valence-electron chi connectivity index (χ4n) is 1.04. The van der Waals surface area contributed by atoms with Gasteiger partial charge in [-0.15, -0.1) is 0 Å². The van der Waals surface area contributed by atoms with Crippen LogP contribution < -0.4 is 11.1 Å². The SMILES string of the molecule is CC(CN=C(N)Nc1ccccc1)S(C)=O. The highest BCUT2D eigenvalue weighted by Crippen LogP contribution is 2.04. The zero-order chi connectivity index (χ0) is 12.0. The molecule has 4 nitrogen and oxygen atoms in total. The van der Waals surface area contributed by atoms with E-state index in [-0.39, 0.29) is 5.25 Å². The monoisotopic (exact) mass is 239 g/mol. The quantitative estimate of drug-likeness (QED) is 0.612. The van der Waals surface area contributed by atoms with Crippen molar-refractivity contribution >= 4 is 22.4 Å². The summed E-state index contributed by atoms with van der Waals surface area (Å²) in [6.07, 6.45) is 1.67. The summed E-state index contributed by atoms with van der Waals surface area (Å²) in [4.78, 5) is 4.13. The summed E-state index contributed by atoms with van der Waals surface area (Å²) in [5.74, 6) is 0.350. The van der Waals surface area contributed by atoms with Crippen molar-refractivity contribution in [2.45, 2.75) is 12.2 Å². The number of nitrogens with two attached hydrogens (primary N) is 1. The maximum atomic E-state index is 11.1. The van der Waals surface area contributed by atoms with Gasteiger partial charge < -0.3 is 11.1 Å². The molecule has 0 aliphatic carbocycles. The first-order valence-corrected chi connectivity index (χ1v) is 6.66. The second kappa shape index (κ2) is 6.27. The van der Waals surface area contributed by atoms with Crippen LogP contribution in [-0.2, 0) is 10.8 Å². The lowest BCUT2D eigenvalue weighted by Crippen LogP contribution is -2.25. The molecule has 0 radical (unpaired) electrons. The van der Waals surface area contributed by atoms with Crippen molar-refractivity contribution in [1.29, 1.82) is 0 Å². The Kier molecular flexibility index (Phi) is 4.98. The first-order valence-electron chi connectivity index (χ1n) is 5.04. The maximum absolute atomic E-state index is 11.1. The molecule has 3 N–H and O–H groups in total. The van der Waals surface area contributed by atoms with Gasteiger partial charge in [-0.3, -0.25) is 9.20 Å². The van der Waals surface area contributed by atoms with E-state index in [9.17, 15) is 4.21 Å². The van der Waals surface area contributed by atoms with Crippen LogP contribution in [0.5, 0.6) is 0 Å². The molecule has 0 amide bonds. The molecule has 1 aromatic carbocycles. The molecule has 1 rings (SSSR count). The molecule has 88 valence electrons. The summed E-state index contributed by atoms with van der Waals surface area (Å²) in [6.45, 7) is 2.35. The Morgan fingerprint density at radius 3 is 2.69 bits per heavy atom. The summed E-state index contributed by atoms with van der Waals surface area (Å²) in [6, 6.07) is 9.58. The molecule has 1 aromatic rings. The number of anilines is 1. The zero-order valence-electron chi connectivity index (χ0n) is 9.51. The van der Waals surface area contributed by atoms with Crippen molar-refractivity contribution in [2.24, 2.45) is 10.7 Å². The van der Waals surface area contributed by atoms with E-state index in [0.717, 1.165) is 5.69 Å². The lowest BCUT2D eigenvalue weighted by molar-refractivity contribution is 0.677. The molecule has 5 heteroatoms. The fourth-order valence-corrected chi connectivity index (χ4v) is 1.33. The van der Waals surface area contributed by atoms with E-state index >= 15 is 0 Å². The molecule has 2 unspecified atom stereocenters. The van der Waals surface area contributed by atoms with Crippen LogP contribution in [-0.4, -0.2) is 28.2 Å². The van der Waals surface area contributed by atoms with Crippen LogP contribution in [0.3, 0.4) is 0 Å². The number of benzene rings is 1. The molecule has 0 spiro atoms. The van der Waals surface area contributed by atoms with Crippen molar-refractivity contribution in [2.75, 3.05) is 18.1 Å². The Morgan fingerprint density at radius 1 is 1.50 bits per heavy atom. The Hall–Kier alpha value is -1.36. The Labute approximate surface area is 98.4 Å². The lowest BCUT2D eigenvalue weighted by Gasteiger charge is -2.07. The van der Waals surface area contributed by atoms with E-state index in [4.69, 9.17) is 5.73 Å². The highest BCUT2D eigenvalue weighted by molar-refractivity contribution is 7.84. The van der Waals surface area contributed by atoms with Crippen LogP contribution >= 0.6 is 0 Å². The zero-order valence-corrected chi connectivity index (χ0v) is 10.3. The molecule has 0 aliphatic rings. The van der Waals surface area contributed by atoms with Crippen LogP contribution in [0.2, 0.25) is 0 Å². The van der Waals surface area contributed by atoms with Crippen LogP contribution in [0.1, 0.15) is 6.92 Å². The molecule has 2 atom stereocenters. The summed E-state index contributed by atoms with van der Waals surface area (Å²) in [7, 11) is -0.864. The van der Waals surface area contributed by atoms with Crippen molar-refractivity contribution in [3.05, 3.63) is 30.3 Å². The Bertz CT molecular complexity index is 378. The molecule has 0 heterocycles. The number of guanidine groups is 1. The van der Waals surface area contributed by atoms with E-state index in [1.807, 2.05) is 37.3 Å². The van der Waals surface area contributed by atoms with Crippen molar-refractivity contribution in [1.82, 2.24) is 0 Å². The minimum absolute atomic E-state index is 0.0242. The van der Waals surface area contributed by atoms with Crippen LogP contribution in [0, 0.1) is 0 Å². The number of rotatable bonds is 4. The predicted octanol–water partition coefficient (Wildman–Crippen LogP) is 1.18. The fraction of sp³-hybridized carbons (Fsp3) is 0.364. The van der Waals surface area contributed by atoms with Gasteiger partial charge in [0.05, 0.1) is 11.8 Å². The first-order chi connectivity index (χ1) is 7.59. The average molecular weight is 239 g/mol. The van der Waals surface area contributed by atoms with Crippen LogP contribution in [0.4, 0.5) is 5.69 Å². The number of nitrogens with zero attached hydrogens (tertiary/aromatic N) is 1. The van der Waals surface area contributed by atoms with E-state index in [0.29, 0.717) is 12.5 Å². The van der Waals surface area contributed by atoms with Gasteiger partial charge in [-0.1, -0.05) is 18.2 Å². The van der Waals surface area contributed by atoms with Crippen molar-refractivity contribution in [3.8, 4) is 0 Å². The summed E-state index contributed by atoms with van der Waals surface area (Å²) < 4.78 is 11.1. The second-order valence-electron chi connectivity index (χ2n) is 3.53. The van der Waals surface area contributed by atoms with E-state index < -0.39 is 10.8 Å². The number of nitrogens with one attached hydrogen (secondary N) is 1. The third-order valence-electron chi connectivity index (χ3n) is 2.13. The number of hydrogen-bond donors (Lipinski definition) is 2. The van der Waals surface area contributed by atoms with Crippen molar-refractivity contribution in [3.63, 3.8) is 0 Å². The van der Waals surface area contributed by atoms with Crippen LogP contribution in [0.25, 0.3) is 0 Å². The second-order valence-corrected chi connectivity index (χ2v) is 5.33. The Balaban J connectivity index is 2.49. The smallest absolute Gasteiger partial charge is 0.193 e. The van der Waals surface area contributed by atoms with Crippen molar-refractivity contribution < 1.29 is 4.21 Å². The summed E-state index contributed by atoms with van der Waals surface area (Å²) in [5.41, 5.74) is 6.59. The topological polar surface area (TPSA) is 67.5 Å². The van der Waals surface area contributed by atoms with Gasteiger partial charge in [0, 0.05) is 22.7 Å². The van der Waals surface area contributed by atoms with Gasteiger partial charge in [0.2, 0.25) is 0 Å². The summed E-state index contributed by atoms with van der Waals surface area (Å²) in [5, 5.41) is 2.99. The lowest BCUT2D eigenvalue weighted by atomic mass is 10.3. The minimum Gasteiger partial charge on any atom is -0.370 e.